The minimum absolute atomic E-state index is 0.0882. The van der Waals surface area contributed by atoms with Gasteiger partial charge in [-0.25, -0.2) is 14.6 Å². The van der Waals surface area contributed by atoms with Gasteiger partial charge in [0.05, 0.1) is 24.9 Å². The maximum atomic E-state index is 13.6. The highest BCUT2D eigenvalue weighted by atomic mass is 16.6. The van der Waals surface area contributed by atoms with Crippen LogP contribution in [0.4, 0.5) is 4.79 Å². The lowest BCUT2D eigenvalue weighted by Crippen LogP contribution is -2.53. The maximum Gasteiger partial charge on any atom is 0.411 e. The van der Waals surface area contributed by atoms with E-state index in [1.807, 2.05) is 61.5 Å². The summed E-state index contributed by atoms with van der Waals surface area (Å²) in [7, 11) is 1.59. The quantitative estimate of drug-likeness (QED) is 0.383. The largest absolute Gasteiger partial charge is 0.497 e. The zero-order chi connectivity index (χ0) is 30.2. The third kappa shape index (κ3) is 5.84. The second-order valence-corrected chi connectivity index (χ2v) is 12.0. The van der Waals surface area contributed by atoms with E-state index in [-0.39, 0.29) is 18.9 Å². The Hall–Kier alpha value is -4.34. The van der Waals surface area contributed by atoms with Crippen molar-refractivity contribution in [1.29, 1.82) is 0 Å². The van der Waals surface area contributed by atoms with Gasteiger partial charge in [0.2, 0.25) is 5.91 Å². The molecule has 1 saturated carbocycles. The van der Waals surface area contributed by atoms with Crippen molar-refractivity contribution >= 4 is 28.9 Å². The fourth-order valence-electron chi connectivity index (χ4n) is 5.58. The van der Waals surface area contributed by atoms with Crippen molar-refractivity contribution in [3.63, 3.8) is 0 Å². The standard InChI is InChI=1S/C32H37N3O7/c1-6-20-17-32(20,29(37)38)34-28(36)26-15-22(18-35(26)30(39)42-31(2,3)4)41-27-16-24(19-10-8-7-9-11-19)33-25-14-21(40-5)12-13-23(25)27/h7-14,16,20,22,26H,6,15,17-18H2,1-5H3,(H,34,36)(H,37,38)/t20?,22-,26+,32-/m1/s1. The van der Waals surface area contributed by atoms with Crippen LogP contribution in [0.1, 0.15) is 47.0 Å². The number of hydrogen-bond donors (Lipinski definition) is 2. The van der Waals surface area contributed by atoms with Gasteiger partial charge in [0.1, 0.15) is 34.8 Å². The Bertz CT molecular complexity index is 1500. The lowest BCUT2D eigenvalue weighted by atomic mass is 10.1. The first-order valence-electron chi connectivity index (χ1n) is 14.2. The molecular weight excluding hydrogens is 538 g/mol. The fraction of sp³-hybridized carbons (Fsp3) is 0.438. The Kier molecular flexibility index (Phi) is 7.74. The van der Waals surface area contributed by atoms with Gasteiger partial charge in [-0.15, -0.1) is 0 Å². The lowest BCUT2D eigenvalue weighted by molar-refractivity contribution is -0.144. The number of hydrogen-bond acceptors (Lipinski definition) is 7. The predicted molar refractivity (Wildman–Crippen MR) is 156 cm³/mol. The monoisotopic (exact) mass is 575 g/mol. The van der Waals surface area contributed by atoms with Crippen molar-refractivity contribution in [1.82, 2.24) is 15.2 Å². The van der Waals surface area contributed by atoms with Crippen LogP contribution in [0.15, 0.2) is 54.6 Å². The topological polar surface area (TPSA) is 127 Å². The Morgan fingerprint density at radius 1 is 1.12 bits per heavy atom. The normalized spacial score (nSPS) is 23.4. The molecule has 0 spiro atoms. The second kappa shape index (κ2) is 11.2. The predicted octanol–water partition coefficient (Wildman–Crippen LogP) is 5.04. The highest BCUT2D eigenvalue weighted by Gasteiger charge is 2.61. The van der Waals surface area contributed by atoms with E-state index in [9.17, 15) is 19.5 Å². The number of methoxy groups -OCH3 is 1. The Morgan fingerprint density at radius 3 is 2.48 bits per heavy atom. The third-order valence-corrected chi connectivity index (χ3v) is 7.86. The van der Waals surface area contributed by atoms with E-state index in [1.54, 1.807) is 27.9 Å². The number of benzene rings is 2. The summed E-state index contributed by atoms with van der Waals surface area (Å²) in [5, 5.41) is 13.4. The molecule has 42 heavy (non-hydrogen) atoms. The first-order valence-corrected chi connectivity index (χ1v) is 14.2. The molecule has 2 aliphatic rings. The molecule has 1 unspecified atom stereocenters. The van der Waals surface area contributed by atoms with E-state index >= 15 is 0 Å². The summed E-state index contributed by atoms with van der Waals surface area (Å²) in [6.45, 7) is 7.24. The molecule has 1 aliphatic carbocycles. The summed E-state index contributed by atoms with van der Waals surface area (Å²) in [5.41, 5.74) is 0.179. The number of likely N-dealkylation sites (tertiary alicyclic amines) is 1. The Labute approximate surface area is 245 Å². The van der Waals surface area contributed by atoms with E-state index in [0.717, 1.165) is 10.9 Å². The molecule has 10 nitrogen and oxygen atoms in total. The number of nitrogens with zero attached hydrogens (tertiary/aromatic N) is 2. The van der Waals surface area contributed by atoms with Gasteiger partial charge in [-0.1, -0.05) is 43.7 Å². The van der Waals surface area contributed by atoms with E-state index in [0.29, 0.717) is 35.6 Å². The van der Waals surface area contributed by atoms with Gasteiger partial charge in [0.25, 0.3) is 0 Å². The summed E-state index contributed by atoms with van der Waals surface area (Å²) < 4.78 is 17.6. The molecule has 10 heteroatoms. The molecule has 3 aromatic rings. The Morgan fingerprint density at radius 2 is 1.86 bits per heavy atom. The minimum atomic E-state index is -1.31. The molecular formula is C32H37N3O7. The number of rotatable bonds is 8. The van der Waals surface area contributed by atoms with Crippen LogP contribution in [-0.2, 0) is 14.3 Å². The van der Waals surface area contributed by atoms with Gasteiger partial charge < -0.3 is 24.6 Å². The Balaban J connectivity index is 1.46. The van der Waals surface area contributed by atoms with Gasteiger partial charge >= 0.3 is 12.1 Å². The van der Waals surface area contributed by atoms with Gasteiger partial charge in [0, 0.05) is 29.5 Å². The van der Waals surface area contributed by atoms with Crippen LogP contribution < -0.4 is 14.8 Å². The highest BCUT2D eigenvalue weighted by Crippen LogP contribution is 2.46. The smallest absolute Gasteiger partial charge is 0.411 e. The molecule has 2 aromatic carbocycles. The third-order valence-electron chi connectivity index (χ3n) is 7.86. The molecule has 1 saturated heterocycles. The van der Waals surface area contributed by atoms with Crippen LogP contribution >= 0.6 is 0 Å². The van der Waals surface area contributed by atoms with E-state index in [1.165, 1.54) is 4.90 Å². The number of fused-ring (bicyclic) bond motifs is 1. The average molecular weight is 576 g/mol. The summed E-state index contributed by atoms with van der Waals surface area (Å²) >= 11 is 0. The van der Waals surface area contributed by atoms with Crippen molar-refractivity contribution in [3.8, 4) is 22.8 Å². The summed E-state index contributed by atoms with van der Waals surface area (Å²) in [5.74, 6) is -0.548. The van der Waals surface area contributed by atoms with Crippen LogP contribution in [0.2, 0.25) is 0 Å². The van der Waals surface area contributed by atoms with Crippen LogP contribution in [0, 0.1) is 5.92 Å². The molecule has 2 N–H and O–H groups in total. The van der Waals surface area contributed by atoms with Crippen molar-refractivity contribution in [2.75, 3.05) is 13.7 Å². The number of nitrogens with one attached hydrogen (secondary N) is 1. The summed E-state index contributed by atoms with van der Waals surface area (Å²) in [6, 6.07) is 16.1. The summed E-state index contributed by atoms with van der Waals surface area (Å²) in [4.78, 5) is 45.1. The molecule has 222 valence electrons. The van der Waals surface area contributed by atoms with Crippen molar-refractivity contribution in [3.05, 3.63) is 54.6 Å². The van der Waals surface area contributed by atoms with Crippen LogP contribution in [0.25, 0.3) is 22.2 Å². The number of carboxylic acid groups (broad SMARTS) is 1. The number of aliphatic carboxylic acids is 1. The van der Waals surface area contributed by atoms with Gasteiger partial charge in [0.15, 0.2) is 0 Å². The molecule has 2 amide bonds. The minimum Gasteiger partial charge on any atom is -0.497 e. The molecule has 1 aliphatic heterocycles. The lowest BCUT2D eigenvalue weighted by Gasteiger charge is -2.28. The van der Waals surface area contributed by atoms with Gasteiger partial charge in [-0.2, -0.15) is 0 Å². The van der Waals surface area contributed by atoms with Gasteiger partial charge in [-0.05, 0) is 45.2 Å². The number of amides is 2. The van der Waals surface area contributed by atoms with Crippen molar-refractivity contribution < 1.29 is 33.7 Å². The number of aromatic nitrogens is 1. The van der Waals surface area contributed by atoms with Crippen LogP contribution in [0.5, 0.6) is 11.5 Å². The summed E-state index contributed by atoms with van der Waals surface area (Å²) in [6.07, 6.45) is -0.0688. The molecule has 0 radical (unpaired) electrons. The number of carbonyl (C=O) groups is 3. The molecule has 0 bridgehead atoms. The number of ether oxygens (including phenoxy) is 3. The van der Waals surface area contributed by atoms with Crippen LogP contribution in [0.3, 0.4) is 0 Å². The molecule has 1 aromatic heterocycles. The zero-order valence-electron chi connectivity index (χ0n) is 24.5. The van der Waals surface area contributed by atoms with Crippen molar-refractivity contribution in [2.45, 2.75) is 70.2 Å². The molecule has 2 heterocycles. The van der Waals surface area contributed by atoms with E-state index < -0.39 is 41.3 Å². The van der Waals surface area contributed by atoms with Gasteiger partial charge in [-0.3, -0.25) is 9.69 Å². The number of pyridine rings is 1. The van der Waals surface area contributed by atoms with E-state index in [4.69, 9.17) is 19.2 Å². The number of carbonyl (C=O) groups excluding carboxylic acids is 2. The molecule has 5 rings (SSSR count). The zero-order valence-corrected chi connectivity index (χ0v) is 24.5. The van der Waals surface area contributed by atoms with Crippen molar-refractivity contribution in [2.24, 2.45) is 5.92 Å². The second-order valence-electron chi connectivity index (χ2n) is 12.0. The first kappa shape index (κ1) is 29.2. The number of carboxylic acids is 1. The first-order chi connectivity index (χ1) is 19.9. The fourth-order valence-corrected chi connectivity index (χ4v) is 5.58. The van der Waals surface area contributed by atoms with E-state index in [2.05, 4.69) is 5.32 Å². The van der Waals surface area contributed by atoms with Crippen LogP contribution in [-0.4, -0.2) is 69.9 Å². The molecule has 4 atom stereocenters. The SMILES string of the molecule is CCC1C[C@]1(NC(=O)[C@@H]1C[C@@H](Oc2cc(-c3ccccc3)nc3cc(OC)ccc23)CN1C(=O)OC(C)(C)C)C(=O)O. The average Bonchev–Trinajstić information content (AvgIpc) is 3.51. The highest BCUT2D eigenvalue weighted by molar-refractivity contribution is 5.94. The maximum absolute atomic E-state index is 13.6. The molecule has 2 fully saturated rings.